The fraction of sp³-hybridized carbons (Fsp3) is 0.222. The maximum absolute atomic E-state index is 10.4. The average Bonchev–Trinajstić information content (AvgIpc) is 2.52. The highest BCUT2D eigenvalue weighted by Gasteiger charge is 1.97. The van der Waals surface area contributed by atoms with Crippen molar-refractivity contribution >= 4 is 17.6 Å². The largest absolute Gasteiger partial charge is 0.309 e. The van der Waals surface area contributed by atoms with Crippen LogP contribution in [0.25, 0.3) is 0 Å². The molecule has 0 aliphatic heterocycles. The Morgan fingerprint density at radius 3 is 3.25 bits per heavy atom. The molecule has 1 rings (SSSR count). The zero-order valence-corrected chi connectivity index (χ0v) is 7.57. The van der Waals surface area contributed by atoms with Gasteiger partial charge in [0.25, 0.3) is 0 Å². The first kappa shape index (κ1) is 8.98. The summed E-state index contributed by atoms with van der Waals surface area (Å²) in [6.45, 7) is 0.647. The van der Waals surface area contributed by atoms with Crippen LogP contribution in [0.4, 0.5) is 0 Å². The predicted molar refractivity (Wildman–Crippen MR) is 50.5 cm³/mol. The van der Waals surface area contributed by atoms with Crippen LogP contribution in [-0.2, 0) is 0 Å². The van der Waals surface area contributed by atoms with Gasteiger partial charge in [0.05, 0.1) is 11.4 Å². The molecule has 0 aromatic carbocycles. The van der Waals surface area contributed by atoms with Gasteiger partial charge in [-0.2, -0.15) is 0 Å². The van der Waals surface area contributed by atoms with Gasteiger partial charge in [-0.3, -0.25) is 4.79 Å². The summed E-state index contributed by atoms with van der Waals surface area (Å²) in [5.74, 6) is 5.81. The molecule has 1 N–H and O–H groups in total. The van der Waals surface area contributed by atoms with Crippen LogP contribution in [0.5, 0.6) is 0 Å². The van der Waals surface area contributed by atoms with E-state index in [1.807, 2.05) is 18.5 Å². The van der Waals surface area contributed by atoms with Crippen molar-refractivity contribution in [3.05, 3.63) is 21.9 Å². The van der Waals surface area contributed by atoms with Crippen molar-refractivity contribution in [2.45, 2.75) is 0 Å². The standard InChI is InChI=1S/C9H9NOS/c1-10-5-2-3-8-4-6-12-9(8)7-11/h4,6-7,10H,5H2,1H3. The van der Waals surface area contributed by atoms with E-state index < -0.39 is 0 Å². The molecule has 0 saturated heterocycles. The Morgan fingerprint density at radius 1 is 1.75 bits per heavy atom. The summed E-state index contributed by atoms with van der Waals surface area (Å²) in [5, 5.41) is 4.78. The van der Waals surface area contributed by atoms with E-state index in [2.05, 4.69) is 17.2 Å². The number of nitrogens with one attached hydrogen (secondary N) is 1. The second-order valence-corrected chi connectivity index (χ2v) is 3.10. The average molecular weight is 179 g/mol. The lowest BCUT2D eigenvalue weighted by molar-refractivity contribution is 0.112. The van der Waals surface area contributed by atoms with Crippen molar-refractivity contribution in [3.63, 3.8) is 0 Å². The molecular weight excluding hydrogens is 170 g/mol. The lowest BCUT2D eigenvalue weighted by Crippen LogP contribution is -2.04. The molecule has 2 nitrogen and oxygen atoms in total. The van der Waals surface area contributed by atoms with Crippen LogP contribution in [0.3, 0.4) is 0 Å². The smallest absolute Gasteiger partial charge is 0.161 e. The number of hydrogen-bond acceptors (Lipinski definition) is 3. The molecule has 0 saturated carbocycles. The Labute approximate surface area is 75.6 Å². The Bertz CT molecular complexity index is 319. The fourth-order valence-electron chi connectivity index (χ4n) is 0.743. The summed E-state index contributed by atoms with van der Waals surface area (Å²) in [7, 11) is 1.84. The van der Waals surface area contributed by atoms with Gasteiger partial charge in [0.15, 0.2) is 6.29 Å². The topological polar surface area (TPSA) is 29.1 Å². The van der Waals surface area contributed by atoms with Crippen molar-refractivity contribution < 1.29 is 4.79 Å². The molecule has 0 unspecified atom stereocenters. The minimum Gasteiger partial charge on any atom is -0.309 e. The molecule has 3 heteroatoms. The zero-order valence-electron chi connectivity index (χ0n) is 6.76. The first-order chi connectivity index (χ1) is 5.88. The molecule has 0 bridgehead atoms. The van der Waals surface area contributed by atoms with E-state index in [0.29, 0.717) is 11.4 Å². The molecule has 0 aliphatic rings. The van der Waals surface area contributed by atoms with Crippen LogP contribution in [0.2, 0.25) is 0 Å². The third-order valence-corrected chi connectivity index (χ3v) is 2.13. The fourth-order valence-corrected chi connectivity index (χ4v) is 1.40. The summed E-state index contributed by atoms with van der Waals surface area (Å²) in [6, 6.07) is 1.86. The van der Waals surface area contributed by atoms with Gasteiger partial charge in [-0.15, -0.1) is 11.3 Å². The van der Waals surface area contributed by atoms with E-state index in [-0.39, 0.29) is 0 Å². The molecule has 0 atom stereocenters. The lowest BCUT2D eigenvalue weighted by Gasteiger charge is -1.84. The maximum Gasteiger partial charge on any atom is 0.161 e. The Kier molecular flexibility index (Phi) is 3.52. The third kappa shape index (κ3) is 2.19. The van der Waals surface area contributed by atoms with Crippen molar-refractivity contribution in [1.82, 2.24) is 5.32 Å². The van der Waals surface area contributed by atoms with E-state index in [0.717, 1.165) is 11.8 Å². The summed E-state index contributed by atoms with van der Waals surface area (Å²) in [4.78, 5) is 11.2. The van der Waals surface area contributed by atoms with Gasteiger partial charge >= 0.3 is 0 Å². The minimum atomic E-state index is 0.647. The summed E-state index contributed by atoms with van der Waals surface area (Å²) < 4.78 is 0. The van der Waals surface area contributed by atoms with Crippen LogP contribution < -0.4 is 5.32 Å². The van der Waals surface area contributed by atoms with E-state index >= 15 is 0 Å². The molecular formula is C9H9NOS. The Morgan fingerprint density at radius 2 is 2.58 bits per heavy atom. The number of thiophene rings is 1. The van der Waals surface area contributed by atoms with Gasteiger partial charge in [0.2, 0.25) is 0 Å². The van der Waals surface area contributed by atoms with Gasteiger partial charge < -0.3 is 5.32 Å². The minimum absolute atomic E-state index is 0.647. The summed E-state index contributed by atoms with van der Waals surface area (Å²) in [5.41, 5.74) is 0.824. The van der Waals surface area contributed by atoms with Gasteiger partial charge in [-0.1, -0.05) is 11.8 Å². The molecule has 1 aromatic rings. The number of carbonyl (C=O) groups excluding carboxylic acids is 1. The molecule has 0 spiro atoms. The van der Waals surface area contributed by atoms with Crippen molar-refractivity contribution in [2.24, 2.45) is 0 Å². The molecule has 62 valence electrons. The van der Waals surface area contributed by atoms with Crippen LogP contribution in [0, 0.1) is 11.8 Å². The maximum atomic E-state index is 10.4. The second kappa shape index (κ2) is 4.70. The highest BCUT2D eigenvalue weighted by atomic mass is 32.1. The molecule has 0 radical (unpaired) electrons. The van der Waals surface area contributed by atoms with Gasteiger partial charge in [-0.25, -0.2) is 0 Å². The summed E-state index contributed by atoms with van der Waals surface area (Å²) >= 11 is 1.42. The first-order valence-electron chi connectivity index (χ1n) is 3.54. The highest BCUT2D eigenvalue weighted by molar-refractivity contribution is 7.11. The van der Waals surface area contributed by atoms with Gasteiger partial charge in [0.1, 0.15) is 0 Å². The molecule has 1 aromatic heterocycles. The molecule has 0 fully saturated rings. The van der Waals surface area contributed by atoms with E-state index in [1.165, 1.54) is 11.3 Å². The van der Waals surface area contributed by atoms with Crippen LogP contribution in [0.1, 0.15) is 15.2 Å². The monoisotopic (exact) mass is 179 g/mol. The zero-order chi connectivity index (χ0) is 8.81. The Hall–Kier alpha value is -1.11. The SMILES string of the molecule is CNCC#Cc1ccsc1C=O. The van der Waals surface area contributed by atoms with Crippen LogP contribution in [-0.4, -0.2) is 19.9 Å². The van der Waals surface area contributed by atoms with E-state index in [4.69, 9.17) is 0 Å². The van der Waals surface area contributed by atoms with E-state index in [1.54, 1.807) is 0 Å². The quantitative estimate of drug-likeness (QED) is 0.544. The van der Waals surface area contributed by atoms with Crippen molar-refractivity contribution in [3.8, 4) is 11.8 Å². The molecule has 0 amide bonds. The lowest BCUT2D eigenvalue weighted by atomic mass is 10.3. The second-order valence-electron chi connectivity index (χ2n) is 2.15. The first-order valence-corrected chi connectivity index (χ1v) is 4.42. The van der Waals surface area contributed by atoms with E-state index in [9.17, 15) is 4.79 Å². The molecule has 1 heterocycles. The summed E-state index contributed by atoms with van der Waals surface area (Å²) in [6.07, 6.45) is 0.841. The number of rotatable bonds is 2. The highest BCUT2D eigenvalue weighted by Crippen LogP contribution is 2.12. The van der Waals surface area contributed by atoms with Gasteiger partial charge in [-0.05, 0) is 18.5 Å². The predicted octanol–water partition coefficient (Wildman–Crippen LogP) is 1.13. The normalized spacial score (nSPS) is 8.75. The number of aldehydes is 1. The number of carbonyl (C=O) groups is 1. The third-order valence-electron chi connectivity index (χ3n) is 1.29. The van der Waals surface area contributed by atoms with Crippen molar-refractivity contribution in [2.75, 3.05) is 13.6 Å². The molecule has 0 aliphatic carbocycles. The van der Waals surface area contributed by atoms with Crippen LogP contribution >= 0.6 is 11.3 Å². The van der Waals surface area contributed by atoms with Crippen molar-refractivity contribution in [1.29, 1.82) is 0 Å². The molecule has 12 heavy (non-hydrogen) atoms. The van der Waals surface area contributed by atoms with Crippen LogP contribution in [0.15, 0.2) is 11.4 Å². The Balaban J connectivity index is 2.76. The van der Waals surface area contributed by atoms with Gasteiger partial charge in [0, 0.05) is 5.56 Å². The number of hydrogen-bond donors (Lipinski definition) is 1.